The molecule has 0 aliphatic carbocycles. The molecule has 0 bridgehead atoms. The minimum Gasteiger partial charge on any atom is -0.744 e. The summed E-state index contributed by atoms with van der Waals surface area (Å²) in [7, 11) is -4.37. The Kier molecular flexibility index (Phi) is 15.1. The van der Waals surface area contributed by atoms with Crippen molar-refractivity contribution in [3.05, 3.63) is 28.8 Å². The second-order valence-corrected chi connectivity index (χ2v) is 8.91. The summed E-state index contributed by atoms with van der Waals surface area (Å²) in [5, 5.41) is 0. The molecule has 0 aliphatic rings. The van der Waals surface area contributed by atoms with Crippen LogP contribution in [0.1, 0.15) is 101 Å². The van der Waals surface area contributed by atoms with Gasteiger partial charge in [-0.1, -0.05) is 83.6 Å². The van der Waals surface area contributed by atoms with Gasteiger partial charge in [-0.15, -0.1) is 0 Å². The molecule has 1 aromatic carbocycles. The molecule has 150 valence electrons. The molecule has 0 aromatic heterocycles. The molecule has 3 nitrogen and oxygen atoms in total. The Morgan fingerprint density at radius 3 is 1.63 bits per heavy atom. The molecule has 0 spiro atoms. The van der Waals surface area contributed by atoms with Crippen LogP contribution in [0.3, 0.4) is 0 Å². The van der Waals surface area contributed by atoms with E-state index in [9.17, 15) is 13.0 Å². The summed E-state index contributed by atoms with van der Waals surface area (Å²) >= 11 is 0. The third-order valence-electron chi connectivity index (χ3n) is 5.42. The van der Waals surface area contributed by atoms with E-state index in [1.807, 2.05) is 13.0 Å². The molecular formula is C22H37NaO3S. The molecule has 1 aromatic rings. The van der Waals surface area contributed by atoms with Crippen LogP contribution in [0.25, 0.3) is 0 Å². The van der Waals surface area contributed by atoms with Crippen molar-refractivity contribution in [1.29, 1.82) is 0 Å². The van der Waals surface area contributed by atoms with Gasteiger partial charge in [0.1, 0.15) is 10.1 Å². The van der Waals surface area contributed by atoms with Crippen molar-refractivity contribution in [3.8, 4) is 0 Å². The van der Waals surface area contributed by atoms with Crippen LogP contribution >= 0.6 is 0 Å². The summed E-state index contributed by atoms with van der Waals surface area (Å²) in [6, 6.07) is 3.28. The van der Waals surface area contributed by atoms with E-state index in [2.05, 4.69) is 6.92 Å². The Morgan fingerprint density at radius 1 is 0.741 bits per heavy atom. The maximum atomic E-state index is 11.2. The topological polar surface area (TPSA) is 57.2 Å². The van der Waals surface area contributed by atoms with Gasteiger partial charge in [-0.05, 0) is 49.4 Å². The molecule has 0 fully saturated rings. The van der Waals surface area contributed by atoms with E-state index in [1.165, 1.54) is 82.3 Å². The zero-order valence-electron chi connectivity index (χ0n) is 18.0. The van der Waals surface area contributed by atoms with Gasteiger partial charge in [-0.25, -0.2) is 8.42 Å². The summed E-state index contributed by atoms with van der Waals surface area (Å²) < 4.78 is 33.7. The van der Waals surface area contributed by atoms with E-state index < -0.39 is 10.1 Å². The summed E-state index contributed by atoms with van der Waals surface area (Å²) in [5.41, 5.74) is 2.73. The number of unbranched alkanes of at least 4 members (excludes halogenated alkanes) is 11. The van der Waals surface area contributed by atoms with Crippen LogP contribution in [0.4, 0.5) is 0 Å². The summed E-state index contributed by atoms with van der Waals surface area (Å²) in [4.78, 5) is -0.0755. The molecule has 5 heteroatoms. The first-order valence-corrected chi connectivity index (χ1v) is 11.8. The first-order valence-electron chi connectivity index (χ1n) is 10.4. The fourth-order valence-corrected chi connectivity index (χ4v) is 4.31. The fraction of sp³-hybridized carbons (Fsp3) is 0.727. The van der Waals surface area contributed by atoms with Crippen molar-refractivity contribution >= 4 is 10.1 Å². The standard InChI is InChI=1S/C22H38O3S.Na/c1-4-5-6-7-8-9-10-11-12-13-14-15-16-21-17-18-22(26(23,24)25)20(3)19(21)2;/h17-18H,4-16H2,1-3H3,(H,23,24,25);/q;+1/p-1. The third-order valence-corrected chi connectivity index (χ3v) is 6.40. The second kappa shape index (κ2) is 15.0. The minimum absolute atomic E-state index is 0. The summed E-state index contributed by atoms with van der Waals surface area (Å²) in [5.74, 6) is 0. The van der Waals surface area contributed by atoms with E-state index in [-0.39, 0.29) is 34.5 Å². The maximum Gasteiger partial charge on any atom is 1.00 e. The fourth-order valence-electron chi connectivity index (χ4n) is 3.55. The van der Waals surface area contributed by atoms with Gasteiger partial charge in [0.2, 0.25) is 0 Å². The van der Waals surface area contributed by atoms with E-state index in [4.69, 9.17) is 0 Å². The van der Waals surface area contributed by atoms with E-state index in [1.54, 1.807) is 6.92 Å². The van der Waals surface area contributed by atoms with E-state index in [0.29, 0.717) is 5.56 Å². The van der Waals surface area contributed by atoms with E-state index >= 15 is 0 Å². The molecule has 0 saturated carbocycles. The number of hydrogen-bond acceptors (Lipinski definition) is 3. The van der Waals surface area contributed by atoms with Gasteiger partial charge in [-0.2, -0.15) is 0 Å². The van der Waals surface area contributed by atoms with Crippen LogP contribution in [0.15, 0.2) is 17.0 Å². The van der Waals surface area contributed by atoms with Gasteiger partial charge in [0.05, 0.1) is 4.90 Å². The Labute approximate surface area is 189 Å². The third kappa shape index (κ3) is 11.0. The first-order chi connectivity index (χ1) is 12.4. The Bertz CT molecular complexity index is 627. The predicted molar refractivity (Wildman–Crippen MR) is 109 cm³/mol. The molecule has 0 amide bonds. The average Bonchev–Trinajstić information content (AvgIpc) is 2.58. The van der Waals surface area contributed by atoms with Crippen molar-refractivity contribution in [2.24, 2.45) is 0 Å². The monoisotopic (exact) mass is 404 g/mol. The number of rotatable bonds is 14. The zero-order chi connectivity index (χ0) is 19.4. The van der Waals surface area contributed by atoms with Crippen molar-refractivity contribution in [3.63, 3.8) is 0 Å². The molecule has 0 atom stereocenters. The maximum absolute atomic E-state index is 11.2. The van der Waals surface area contributed by atoms with Crippen LogP contribution in [-0.4, -0.2) is 13.0 Å². The first kappa shape index (κ1) is 27.1. The molecule has 0 saturated heterocycles. The van der Waals surface area contributed by atoms with Crippen LogP contribution in [0.5, 0.6) is 0 Å². The Morgan fingerprint density at radius 2 is 1.19 bits per heavy atom. The molecule has 0 N–H and O–H groups in total. The Balaban J connectivity index is 0.00000676. The van der Waals surface area contributed by atoms with Gasteiger partial charge in [-0.3, -0.25) is 0 Å². The molecule has 0 heterocycles. The molecule has 1 rings (SSSR count). The average molecular weight is 405 g/mol. The molecular weight excluding hydrogens is 367 g/mol. The van der Waals surface area contributed by atoms with Crippen molar-refractivity contribution in [2.45, 2.75) is 109 Å². The van der Waals surface area contributed by atoms with Crippen molar-refractivity contribution in [2.75, 3.05) is 0 Å². The van der Waals surface area contributed by atoms with Gasteiger partial charge >= 0.3 is 29.6 Å². The summed E-state index contributed by atoms with van der Waals surface area (Å²) in [6.07, 6.45) is 16.9. The quantitative estimate of drug-likeness (QED) is 0.271. The van der Waals surface area contributed by atoms with Gasteiger partial charge in [0, 0.05) is 0 Å². The van der Waals surface area contributed by atoms with Crippen molar-refractivity contribution in [1.82, 2.24) is 0 Å². The SMILES string of the molecule is CCCCCCCCCCCCCCc1ccc(S(=O)(=O)[O-])c(C)c1C.[Na+]. The van der Waals surface area contributed by atoms with Crippen LogP contribution in [0.2, 0.25) is 0 Å². The van der Waals surface area contributed by atoms with Crippen LogP contribution in [0, 0.1) is 13.8 Å². The van der Waals surface area contributed by atoms with Crippen LogP contribution in [-0.2, 0) is 16.5 Å². The minimum atomic E-state index is -4.37. The summed E-state index contributed by atoms with van der Waals surface area (Å²) in [6.45, 7) is 5.90. The van der Waals surface area contributed by atoms with Crippen molar-refractivity contribution < 1.29 is 42.5 Å². The number of hydrogen-bond donors (Lipinski definition) is 0. The molecule has 0 aliphatic heterocycles. The smallest absolute Gasteiger partial charge is 0.744 e. The molecule has 27 heavy (non-hydrogen) atoms. The van der Waals surface area contributed by atoms with Gasteiger partial charge in [0.15, 0.2) is 0 Å². The predicted octanol–water partition coefficient (Wildman–Crippen LogP) is 3.46. The number of aryl methyl sites for hydroxylation is 1. The van der Waals surface area contributed by atoms with E-state index in [0.717, 1.165) is 18.4 Å². The number of benzene rings is 1. The second-order valence-electron chi connectivity index (χ2n) is 7.57. The molecule has 0 radical (unpaired) electrons. The zero-order valence-corrected chi connectivity index (χ0v) is 20.8. The largest absolute Gasteiger partial charge is 1.00 e. The van der Waals surface area contributed by atoms with Gasteiger partial charge in [0.25, 0.3) is 0 Å². The molecule has 0 unspecified atom stereocenters. The Hall–Kier alpha value is 0.130. The normalized spacial score (nSPS) is 11.4. The van der Waals surface area contributed by atoms with Crippen LogP contribution < -0.4 is 29.6 Å². The van der Waals surface area contributed by atoms with Gasteiger partial charge < -0.3 is 4.55 Å².